The summed E-state index contributed by atoms with van der Waals surface area (Å²) >= 11 is 0. The van der Waals surface area contributed by atoms with Crippen LogP contribution in [0.25, 0.3) is 33.7 Å². The third kappa shape index (κ3) is 3.83. The molecule has 1 atom stereocenters. The van der Waals surface area contributed by atoms with Crippen LogP contribution in [0.5, 0.6) is 0 Å². The molecule has 0 saturated carbocycles. The lowest BCUT2D eigenvalue weighted by molar-refractivity contribution is 0.0588. The van der Waals surface area contributed by atoms with Gasteiger partial charge in [-0.1, -0.05) is 55.5 Å². The molecule has 0 spiro atoms. The van der Waals surface area contributed by atoms with Crippen LogP contribution >= 0.6 is 0 Å². The molecular formula is C25H26N8O3. The minimum atomic E-state index is -0.571. The summed E-state index contributed by atoms with van der Waals surface area (Å²) in [4.78, 5) is 30.7. The molecule has 0 aliphatic rings. The standard InChI is InChI=1S/C25H26N8O3/c1-5-20-26-23-21(24(34)31(3)25(35)33(23)15(2)36-4)32(20)14-16-10-12-17(13-11-16)18-8-6-7-9-19(18)22-27-29-30-28-22/h6-13,15H,5,14H2,1-4H3,(H,27,28,29,30). The van der Waals surface area contributed by atoms with Gasteiger partial charge in [0.2, 0.25) is 0 Å². The smallest absolute Gasteiger partial charge is 0.334 e. The van der Waals surface area contributed by atoms with E-state index in [1.54, 1.807) is 6.92 Å². The molecule has 0 fully saturated rings. The van der Waals surface area contributed by atoms with Crippen LogP contribution < -0.4 is 11.2 Å². The quantitative estimate of drug-likeness (QED) is 0.375. The Morgan fingerprint density at radius 1 is 1.06 bits per heavy atom. The number of nitrogens with one attached hydrogen (secondary N) is 1. The summed E-state index contributed by atoms with van der Waals surface area (Å²) in [5.74, 6) is 1.32. The van der Waals surface area contributed by atoms with Gasteiger partial charge in [-0.25, -0.2) is 19.4 Å². The molecule has 0 amide bonds. The lowest BCUT2D eigenvalue weighted by atomic mass is 9.98. The zero-order valence-corrected chi connectivity index (χ0v) is 20.5. The summed E-state index contributed by atoms with van der Waals surface area (Å²) in [5.41, 5.74) is 3.77. The monoisotopic (exact) mass is 486 g/mol. The van der Waals surface area contributed by atoms with E-state index in [1.165, 1.54) is 18.7 Å². The Bertz CT molecular complexity index is 1650. The molecule has 11 heteroatoms. The van der Waals surface area contributed by atoms with E-state index < -0.39 is 11.9 Å². The lowest BCUT2D eigenvalue weighted by Gasteiger charge is -2.15. The molecule has 1 unspecified atom stereocenters. The van der Waals surface area contributed by atoms with Crippen LogP contribution in [0.15, 0.2) is 58.1 Å². The van der Waals surface area contributed by atoms with E-state index in [4.69, 9.17) is 4.74 Å². The number of H-pyrrole nitrogens is 1. The van der Waals surface area contributed by atoms with Gasteiger partial charge < -0.3 is 9.30 Å². The third-order valence-electron chi connectivity index (χ3n) is 6.41. The van der Waals surface area contributed by atoms with Crippen molar-refractivity contribution in [1.82, 2.24) is 39.3 Å². The first-order valence-electron chi connectivity index (χ1n) is 11.6. The van der Waals surface area contributed by atoms with Crippen molar-refractivity contribution in [1.29, 1.82) is 0 Å². The number of benzene rings is 2. The maximum Gasteiger partial charge on any atom is 0.334 e. The van der Waals surface area contributed by atoms with Gasteiger partial charge in [0.05, 0.1) is 0 Å². The Morgan fingerprint density at radius 2 is 1.78 bits per heavy atom. The molecule has 184 valence electrons. The molecule has 0 bridgehead atoms. The largest absolute Gasteiger partial charge is 0.361 e. The van der Waals surface area contributed by atoms with Gasteiger partial charge in [0.25, 0.3) is 5.56 Å². The number of ether oxygens (including phenoxy) is 1. The van der Waals surface area contributed by atoms with Gasteiger partial charge in [0.1, 0.15) is 12.1 Å². The van der Waals surface area contributed by atoms with E-state index in [0.717, 1.165) is 32.6 Å². The fourth-order valence-electron chi connectivity index (χ4n) is 4.42. The molecule has 36 heavy (non-hydrogen) atoms. The van der Waals surface area contributed by atoms with Crippen LogP contribution in [0.3, 0.4) is 0 Å². The summed E-state index contributed by atoms with van der Waals surface area (Å²) < 4.78 is 9.81. The molecule has 1 N–H and O–H groups in total. The topological polar surface area (TPSA) is 126 Å². The molecule has 0 radical (unpaired) electrons. The third-order valence-corrected chi connectivity index (χ3v) is 6.41. The normalized spacial score (nSPS) is 12.3. The Morgan fingerprint density at radius 3 is 2.42 bits per heavy atom. The maximum atomic E-state index is 13.2. The van der Waals surface area contributed by atoms with Crippen molar-refractivity contribution in [2.45, 2.75) is 33.0 Å². The number of methoxy groups -OCH3 is 1. The van der Waals surface area contributed by atoms with Gasteiger partial charge in [0.15, 0.2) is 17.0 Å². The summed E-state index contributed by atoms with van der Waals surface area (Å²) in [5, 5.41) is 14.2. The predicted molar refractivity (Wildman–Crippen MR) is 134 cm³/mol. The first-order chi connectivity index (χ1) is 17.4. The second kappa shape index (κ2) is 9.34. The Hall–Kier alpha value is -4.38. The number of aromatic amines is 1. The second-order valence-corrected chi connectivity index (χ2v) is 8.48. The van der Waals surface area contributed by atoms with Crippen molar-refractivity contribution >= 4 is 11.2 Å². The van der Waals surface area contributed by atoms with E-state index in [-0.39, 0.29) is 5.56 Å². The highest BCUT2D eigenvalue weighted by Crippen LogP contribution is 2.30. The number of imidazole rings is 1. The highest BCUT2D eigenvalue weighted by Gasteiger charge is 2.22. The molecule has 11 nitrogen and oxygen atoms in total. The van der Waals surface area contributed by atoms with Crippen LogP contribution in [0.2, 0.25) is 0 Å². The van der Waals surface area contributed by atoms with Crippen LogP contribution in [-0.2, 0) is 24.8 Å². The van der Waals surface area contributed by atoms with Gasteiger partial charge in [0, 0.05) is 32.7 Å². The molecule has 5 aromatic rings. The fraction of sp³-hybridized carbons (Fsp3) is 0.280. The first-order valence-corrected chi connectivity index (χ1v) is 11.6. The second-order valence-electron chi connectivity index (χ2n) is 8.48. The molecule has 0 aliphatic heterocycles. The Labute approximate surface area is 206 Å². The van der Waals surface area contributed by atoms with Crippen LogP contribution in [0.1, 0.15) is 31.5 Å². The van der Waals surface area contributed by atoms with Crippen molar-refractivity contribution < 1.29 is 4.74 Å². The van der Waals surface area contributed by atoms with Gasteiger partial charge in [-0.2, -0.15) is 0 Å². The number of nitrogens with zero attached hydrogens (tertiary/aromatic N) is 7. The summed E-state index contributed by atoms with van der Waals surface area (Å²) in [7, 11) is 2.99. The summed E-state index contributed by atoms with van der Waals surface area (Å²) in [6, 6.07) is 16.0. The zero-order chi connectivity index (χ0) is 25.4. The van der Waals surface area contributed by atoms with E-state index in [1.807, 2.05) is 60.0 Å². The highest BCUT2D eigenvalue weighted by atomic mass is 16.5. The number of hydrogen-bond acceptors (Lipinski definition) is 7. The highest BCUT2D eigenvalue weighted by molar-refractivity contribution is 5.80. The number of tetrazole rings is 1. The first kappa shape index (κ1) is 23.4. The zero-order valence-electron chi connectivity index (χ0n) is 20.5. The van der Waals surface area contributed by atoms with Crippen LogP contribution in [0, 0.1) is 0 Å². The molecule has 2 aromatic carbocycles. The fourth-order valence-corrected chi connectivity index (χ4v) is 4.42. The molecular weight excluding hydrogens is 460 g/mol. The Kier molecular flexibility index (Phi) is 6.06. The van der Waals surface area contributed by atoms with Gasteiger partial charge >= 0.3 is 5.69 Å². The lowest BCUT2D eigenvalue weighted by Crippen LogP contribution is -2.40. The van der Waals surface area contributed by atoms with Crippen LogP contribution in [-0.4, -0.2) is 46.4 Å². The minimum Gasteiger partial charge on any atom is -0.361 e. The van der Waals surface area contributed by atoms with Crippen molar-refractivity contribution in [3.8, 4) is 22.5 Å². The molecule has 0 saturated heterocycles. The van der Waals surface area contributed by atoms with Crippen molar-refractivity contribution in [3.05, 3.63) is 80.8 Å². The van der Waals surface area contributed by atoms with Crippen molar-refractivity contribution in [3.63, 3.8) is 0 Å². The molecule has 3 heterocycles. The number of hydrogen-bond donors (Lipinski definition) is 1. The van der Waals surface area contributed by atoms with Crippen molar-refractivity contribution in [2.75, 3.05) is 7.11 Å². The van der Waals surface area contributed by atoms with Crippen LogP contribution in [0.4, 0.5) is 0 Å². The molecule has 5 rings (SSSR count). The molecule has 0 aliphatic carbocycles. The summed E-state index contributed by atoms with van der Waals surface area (Å²) in [6.45, 7) is 4.16. The van der Waals surface area contributed by atoms with E-state index in [0.29, 0.717) is 30.0 Å². The van der Waals surface area contributed by atoms with E-state index in [9.17, 15) is 9.59 Å². The average Bonchev–Trinajstić information content (AvgIpc) is 3.56. The predicted octanol–water partition coefficient (Wildman–Crippen LogP) is 2.52. The Balaban J connectivity index is 1.58. The van der Waals surface area contributed by atoms with Gasteiger partial charge in [-0.05, 0) is 34.0 Å². The number of aryl methyl sites for hydroxylation is 1. The van der Waals surface area contributed by atoms with Crippen molar-refractivity contribution in [2.24, 2.45) is 7.05 Å². The molecule has 3 aromatic heterocycles. The average molecular weight is 487 g/mol. The number of aromatic nitrogens is 8. The van der Waals surface area contributed by atoms with E-state index in [2.05, 4.69) is 25.6 Å². The van der Waals surface area contributed by atoms with E-state index >= 15 is 0 Å². The van der Waals surface area contributed by atoms with Gasteiger partial charge in [-0.15, -0.1) is 5.10 Å². The van der Waals surface area contributed by atoms with Gasteiger partial charge in [-0.3, -0.25) is 9.36 Å². The number of rotatable bonds is 7. The summed E-state index contributed by atoms with van der Waals surface area (Å²) in [6.07, 6.45) is 0.0307. The SMILES string of the molecule is CCc1nc2c(c(=O)n(C)c(=O)n2C(C)OC)n1Cc1ccc(-c2ccccc2-c2nnn[nH]2)cc1. The maximum absolute atomic E-state index is 13.2. The number of fused-ring (bicyclic) bond motifs is 1. The minimum absolute atomic E-state index is 0.334.